The van der Waals surface area contributed by atoms with Crippen molar-refractivity contribution in [2.75, 3.05) is 13.1 Å². The van der Waals surface area contributed by atoms with Crippen LogP contribution in [0.15, 0.2) is 24.4 Å². The molecule has 0 aromatic carbocycles. The van der Waals surface area contributed by atoms with Gasteiger partial charge in [0.25, 0.3) is 0 Å². The van der Waals surface area contributed by atoms with Crippen molar-refractivity contribution < 1.29 is 4.79 Å². The molecule has 2 aliphatic rings. The Morgan fingerprint density at radius 1 is 1.36 bits per heavy atom. The molecule has 1 aliphatic carbocycles. The minimum atomic E-state index is 0.244. The summed E-state index contributed by atoms with van der Waals surface area (Å²) in [5.74, 6) is 0.513. The smallest absolute Gasteiger partial charge is 0.223 e. The molecule has 0 bridgehead atoms. The third kappa shape index (κ3) is 3.80. The van der Waals surface area contributed by atoms with Crippen molar-refractivity contribution in [2.24, 2.45) is 5.92 Å². The molecule has 0 saturated heterocycles. The maximum atomic E-state index is 12.0. The van der Waals surface area contributed by atoms with E-state index in [4.69, 9.17) is 0 Å². The molecule has 2 aromatic heterocycles. The van der Waals surface area contributed by atoms with E-state index in [1.807, 2.05) is 17.5 Å². The van der Waals surface area contributed by atoms with Crippen molar-refractivity contribution in [3.05, 3.63) is 39.8 Å². The Bertz CT molecular complexity index is 733. The largest absolute Gasteiger partial charge is 0.356 e. The summed E-state index contributed by atoms with van der Waals surface area (Å²) >= 11 is 1.88. The number of carbonyl (C=O) groups excluding carboxylic acids is 1. The maximum Gasteiger partial charge on any atom is 0.223 e. The molecule has 25 heavy (non-hydrogen) atoms. The lowest BCUT2D eigenvalue weighted by Gasteiger charge is -2.34. The molecule has 0 unspecified atom stereocenters. The highest BCUT2D eigenvalue weighted by Crippen LogP contribution is 2.27. The Labute approximate surface area is 153 Å². The number of hydrogen-bond acceptors (Lipinski definition) is 4. The zero-order valence-electron chi connectivity index (χ0n) is 14.8. The lowest BCUT2D eigenvalue weighted by atomic mass is 9.85. The lowest BCUT2D eigenvalue weighted by Crippen LogP contribution is -2.40. The second kappa shape index (κ2) is 7.30. The SMILES string of the molecule is Cc1ccc(CN2Cc3ccnn3[C@H](CCNC(=O)C3CCC3)C2)s1. The average Bonchev–Trinajstić information content (AvgIpc) is 3.14. The molecule has 1 aliphatic heterocycles. The summed E-state index contributed by atoms with van der Waals surface area (Å²) in [5.41, 5.74) is 1.27. The standard InChI is InChI=1S/C19H26N4OS/c1-14-5-6-18(25-14)13-22-11-16(23-17(12-22)8-10-21-23)7-9-20-19(24)15-3-2-4-15/h5-6,8,10,15-16H,2-4,7,9,11-13H2,1H3,(H,20,24)/t16-/m1/s1. The van der Waals surface area contributed by atoms with Gasteiger partial charge in [-0.2, -0.15) is 5.10 Å². The third-order valence-corrected chi connectivity index (χ3v) is 6.37. The second-order valence-corrected chi connectivity index (χ2v) is 8.68. The minimum absolute atomic E-state index is 0.244. The highest BCUT2D eigenvalue weighted by atomic mass is 32.1. The maximum absolute atomic E-state index is 12.0. The van der Waals surface area contributed by atoms with Gasteiger partial charge in [0.05, 0.1) is 11.7 Å². The molecule has 1 saturated carbocycles. The van der Waals surface area contributed by atoms with Gasteiger partial charge in [0.1, 0.15) is 0 Å². The minimum Gasteiger partial charge on any atom is -0.356 e. The molecule has 1 atom stereocenters. The lowest BCUT2D eigenvalue weighted by molar-refractivity contribution is -0.127. The number of aromatic nitrogens is 2. The van der Waals surface area contributed by atoms with E-state index >= 15 is 0 Å². The van der Waals surface area contributed by atoms with E-state index in [9.17, 15) is 4.79 Å². The molecule has 5 nitrogen and oxygen atoms in total. The fourth-order valence-corrected chi connectivity index (χ4v) is 4.70. The number of amides is 1. The first-order valence-corrected chi connectivity index (χ1v) is 10.1. The van der Waals surface area contributed by atoms with Gasteiger partial charge in [-0.15, -0.1) is 11.3 Å². The van der Waals surface area contributed by atoms with Crippen LogP contribution in [0.4, 0.5) is 0 Å². The van der Waals surface area contributed by atoms with Gasteiger partial charge in [0.15, 0.2) is 0 Å². The molecule has 3 heterocycles. The van der Waals surface area contributed by atoms with Crippen molar-refractivity contribution >= 4 is 17.2 Å². The fraction of sp³-hybridized carbons (Fsp3) is 0.579. The van der Waals surface area contributed by atoms with Crippen LogP contribution in [0.1, 0.15) is 47.2 Å². The van der Waals surface area contributed by atoms with E-state index in [1.54, 1.807) is 0 Å². The summed E-state index contributed by atoms with van der Waals surface area (Å²) in [4.78, 5) is 17.3. The van der Waals surface area contributed by atoms with E-state index < -0.39 is 0 Å². The Balaban J connectivity index is 1.35. The summed E-state index contributed by atoms with van der Waals surface area (Å²) in [5, 5.41) is 7.65. The first-order chi connectivity index (χ1) is 12.2. The summed E-state index contributed by atoms with van der Waals surface area (Å²) < 4.78 is 2.16. The van der Waals surface area contributed by atoms with Gasteiger partial charge in [-0.05, 0) is 44.4 Å². The molecule has 1 N–H and O–H groups in total. The van der Waals surface area contributed by atoms with Crippen LogP contribution in [0.2, 0.25) is 0 Å². The Morgan fingerprint density at radius 3 is 2.96 bits per heavy atom. The van der Waals surface area contributed by atoms with Gasteiger partial charge in [-0.25, -0.2) is 0 Å². The van der Waals surface area contributed by atoms with Crippen LogP contribution < -0.4 is 5.32 Å². The number of carbonyl (C=O) groups is 1. The second-order valence-electron chi connectivity index (χ2n) is 7.31. The number of nitrogens with zero attached hydrogens (tertiary/aromatic N) is 3. The quantitative estimate of drug-likeness (QED) is 0.863. The number of rotatable bonds is 6. The van der Waals surface area contributed by atoms with Gasteiger partial charge in [-0.3, -0.25) is 14.4 Å². The van der Waals surface area contributed by atoms with E-state index in [-0.39, 0.29) is 11.8 Å². The van der Waals surface area contributed by atoms with Crippen LogP contribution in [0.5, 0.6) is 0 Å². The van der Waals surface area contributed by atoms with E-state index in [2.05, 4.69) is 45.1 Å². The van der Waals surface area contributed by atoms with Crippen LogP contribution in [0.3, 0.4) is 0 Å². The highest BCUT2D eigenvalue weighted by Gasteiger charge is 2.27. The normalized spacial score (nSPS) is 20.9. The summed E-state index contributed by atoms with van der Waals surface area (Å²) in [6, 6.07) is 6.88. The Kier molecular flexibility index (Phi) is 4.90. The van der Waals surface area contributed by atoms with Crippen LogP contribution in [0, 0.1) is 12.8 Å². The van der Waals surface area contributed by atoms with Crippen molar-refractivity contribution in [3.63, 3.8) is 0 Å². The van der Waals surface area contributed by atoms with Gasteiger partial charge in [0.2, 0.25) is 5.91 Å². The Hall–Kier alpha value is -1.66. The van der Waals surface area contributed by atoms with Gasteiger partial charge < -0.3 is 5.32 Å². The van der Waals surface area contributed by atoms with Crippen LogP contribution in [-0.4, -0.2) is 33.7 Å². The molecular formula is C19H26N4OS. The first-order valence-electron chi connectivity index (χ1n) is 9.27. The molecule has 2 aromatic rings. The zero-order valence-corrected chi connectivity index (χ0v) is 15.6. The number of aryl methyl sites for hydroxylation is 1. The van der Waals surface area contributed by atoms with Gasteiger partial charge in [-0.1, -0.05) is 6.42 Å². The summed E-state index contributed by atoms with van der Waals surface area (Å²) in [7, 11) is 0. The third-order valence-electron chi connectivity index (χ3n) is 5.38. The predicted molar refractivity (Wildman–Crippen MR) is 99.4 cm³/mol. The number of hydrogen-bond donors (Lipinski definition) is 1. The van der Waals surface area contributed by atoms with Crippen molar-refractivity contribution in [1.82, 2.24) is 20.0 Å². The van der Waals surface area contributed by atoms with E-state index in [1.165, 1.54) is 21.9 Å². The number of nitrogens with one attached hydrogen (secondary N) is 1. The van der Waals surface area contributed by atoms with Crippen LogP contribution in [0.25, 0.3) is 0 Å². The monoisotopic (exact) mass is 358 g/mol. The molecule has 1 amide bonds. The highest BCUT2D eigenvalue weighted by molar-refractivity contribution is 7.11. The van der Waals surface area contributed by atoms with Gasteiger partial charge >= 0.3 is 0 Å². The first kappa shape index (κ1) is 16.8. The number of thiophene rings is 1. The fourth-order valence-electron chi connectivity index (χ4n) is 3.77. The molecule has 0 radical (unpaired) electrons. The van der Waals surface area contributed by atoms with Crippen LogP contribution >= 0.6 is 11.3 Å². The van der Waals surface area contributed by atoms with Crippen LogP contribution in [-0.2, 0) is 17.9 Å². The predicted octanol–water partition coefficient (Wildman–Crippen LogP) is 3.12. The molecule has 0 spiro atoms. The summed E-state index contributed by atoms with van der Waals surface area (Å²) in [6.07, 6.45) is 6.16. The summed E-state index contributed by atoms with van der Waals surface area (Å²) in [6.45, 7) is 5.83. The average molecular weight is 359 g/mol. The van der Waals surface area contributed by atoms with E-state index in [0.29, 0.717) is 6.04 Å². The van der Waals surface area contributed by atoms with E-state index in [0.717, 1.165) is 45.4 Å². The van der Waals surface area contributed by atoms with Gasteiger partial charge in [0, 0.05) is 48.0 Å². The molecule has 4 rings (SSSR count). The van der Waals surface area contributed by atoms with Crippen molar-refractivity contribution in [2.45, 2.75) is 51.7 Å². The van der Waals surface area contributed by atoms with Crippen molar-refractivity contribution in [3.8, 4) is 0 Å². The molecule has 1 fully saturated rings. The molecular weight excluding hydrogens is 332 g/mol. The number of fused-ring (bicyclic) bond motifs is 1. The Morgan fingerprint density at radius 2 is 2.24 bits per heavy atom. The topological polar surface area (TPSA) is 50.2 Å². The van der Waals surface area contributed by atoms with Crippen molar-refractivity contribution in [1.29, 1.82) is 0 Å². The molecule has 6 heteroatoms. The zero-order chi connectivity index (χ0) is 17.2. The molecule has 134 valence electrons.